The van der Waals surface area contributed by atoms with Gasteiger partial charge < -0.3 is 30.7 Å². The molecule has 0 spiro atoms. The number of nitrogens with two attached hydrogens (primary N) is 1. The number of phenolic OH excluding ortho intramolecular Hbond substituents is 1. The lowest BCUT2D eigenvalue weighted by molar-refractivity contribution is -0.112. The molecular weight excluding hydrogens is 496 g/mol. The van der Waals surface area contributed by atoms with Crippen LogP contribution in [0.5, 0.6) is 5.75 Å². The van der Waals surface area contributed by atoms with Gasteiger partial charge in [-0.25, -0.2) is 4.79 Å². The Labute approximate surface area is 224 Å². The number of aliphatic hydroxyl groups is 1. The van der Waals surface area contributed by atoms with Gasteiger partial charge in [-0.1, -0.05) is 44.5 Å². The number of halogens is 1. The Bertz CT molecular complexity index is 1020. The number of aromatic hydroxyl groups is 1. The van der Waals surface area contributed by atoms with Crippen LogP contribution in [0.1, 0.15) is 59.4 Å². The summed E-state index contributed by atoms with van der Waals surface area (Å²) in [6.45, 7) is 9.41. The van der Waals surface area contributed by atoms with Crippen LogP contribution in [-0.4, -0.2) is 47.6 Å². The van der Waals surface area contributed by atoms with Crippen LogP contribution < -0.4 is 11.1 Å². The molecule has 9 heteroatoms. The average molecular weight is 537 g/mol. The van der Waals surface area contributed by atoms with E-state index in [1.165, 1.54) is 6.07 Å². The smallest absolute Gasteiger partial charge is 0.405 e. The molecule has 0 aromatic heterocycles. The minimum absolute atomic E-state index is 0.00121. The summed E-state index contributed by atoms with van der Waals surface area (Å²) >= 11 is 6.62. The Morgan fingerprint density at radius 3 is 2.51 bits per heavy atom. The third kappa shape index (κ3) is 8.76. The fourth-order valence-corrected chi connectivity index (χ4v) is 5.13. The van der Waals surface area contributed by atoms with E-state index in [4.69, 9.17) is 26.8 Å². The molecule has 8 nitrogen and oxygen atoms in total. The minimum atomic E-state index is -0.868. The van der Waals surface area contributed by atoms with E-state index >= 15 is 0 Å². The molecule has 2 rings (SSSR count). The molecule has 0 radical (unpaired) electrons. The molecule has 206 valence electrons. The number of aliphatic hydroxyl groups excluding tert-OH is 1. The second kappa shape index (κ2) is 13.8. The molecule has 1 aromatic carbocycles. The maximum atomic E-state index is 12.8. The van der Waals surface area contributed by atoms with Crippen LogP contribution >= 0.6 is 11.6 Å². The Balaban J connectivity index is 2.48. The molecular formula is C28H41ClN2O6. The second-order valence-corrected chi connectivity index (χ2v) is 10.7. The van der Waals surface area contributed by atoms with E-state index in [1.807, 2.05) is 39.8 Å². The average Bonchev–Trinajstić information content (AvgIpc) is 2.82. The third-order valence-corrected chi connectivity index (χ3v) is 7.42. The van der Waals surface area contributed by atoms with Crippen molar-refractivity contribution in [3.63, 3.8) is 0 Å². The molecule has 1 aliphatic rings. The molecule has 0 saturated carbocycles. The maximum Gasteiger partial charge on any atom is 0.405 e. The quantitative estimate of drug-likeness (QED) is 0.377. The van der Waals surface area contributed by atoms with Gasteiger partial charge in [-0.15, -0.1) is 0 Å². The van der Waals surface area contributed by atoms with Crippen molar-refractivity contribution in [2.24, 2.45) is 23.5 Å². The molecule has 0 unspecified atom stereocenters. The molecule has 0 aliphatic carbocycles. The number of allylic oxidation sites excluding steroid dienone is 1. The topological polar surface area (TPSA) is 131 Å². The standard InChI is InChI=1S/C28H41ClN2O6/c1-15-10-20-13-21(32)14-22(24(20)29)31-27(34)17(3)9-7-8-16(2)26(37-28(30)35)19(5)12-18(4)25(33)23(11-15)36-6/h9,12-16,18,23,25-26,32-33H,7-8,10-11H2,1-6H3,(H2,30,35)(H,31,34)/b17-9+,19-12+/t15-,16+,18+,23+,25-,26-/m1/s1. The number of anilines is 1. The normalized spacial score (nSPS) is 31.4. The zero-order chi connectivity index (χ0) is 27.9. The second-order valence-electron chi connectivity index (χ2n) is 10.3. The molecule has 6 atom stereocenters. The zero-order valence-electron chi connectivity index (χ0n) is 22.6. The number of hydrogen-bond acceptors (Lipinski definition) is 6. The molecule has 0 fully saturated rings. The van der Waals surface area contributed by atoms with Crippen molar-refractivity contribution in [1.82, 2.24) is 0 Å². The van der Waals surface area contributed by atoms with Crippen LogP contribution in [-0.2, 0) is 20.7 Å². The van der Waals surface area contributed by atoms with Crippen molar-refractivity contribution >= 4 is 29.3 Å². The number of phenols is 1. The number of nitrogens with one attached hydrogen (secondary N) is 1. The van der Waals surface area contributed by atoms with Gasteiger partial charge in [-0.2, -0.15) is 0 Å². The minimum Gasteiger partial charge on any atom is -0.508 e. The Morgan fingerprint density at radius 1 is 1.22 bits per heavy atom. The van der Waals surface area contributed by atoms with Gasteiger partial charge in [0.1, 0.15) is 11.9 Å². The number of carbonyl (C=O) groups is 2. The number of rotatable bonds is 2. The summed E-state index contributed by atoms with van der Waals surface area (Å²) in [6, 6.07) is 3.02. The first-order valence-electron chi connectivity index (χ1n) is 12.7. The lowest BCUT2D eigenvalue weighted by atomic mass is 9.87. The SMILES string of the molecule is CO[C@H]1C[C@H](C)Cc2cc(O)cc(c2Cl)NC(=O)/C(C)=C/CC[C@H](C)[C@@H](OC(N)=O)/C(C)=C/[C@H](C)[C@H]1O. The summed E-state index contributed by atoms with van der Waals surface area (Å²) in [7, 11) is 1.56. The molecule has 2 bridgehead atoms. The predicted molar refractivity (Wildman–Crippen MR) is 146 cm³/mol. The fraction of sp³-hybridized carbons (Fsp3) is 0.571. The highest BCUT2D eigenvalue weighted by Gasteiger charge is 2.28. The summed E-state index contributed by atoms with van der Waals surface area (Å²) < 4.78 is 11.1. The van der Waals surface area contributed by atoms with E-state index in [-0.39, 0.29) is 29.4 Å². The van der Waals surface area contributed by atoms with Gasteiger partial charge in [0.05, 0.1) is 22.9 Å². The van der Waals surface area contributed by atoms with Crippen LogP contribution in [0.25, 0.3) is 0 Å². The number of primary amides is 1. The highest BCUT2D eigenvalue weighted by molar-refractivity contribution is 6.34. The molecule has 0 saturated heterocycles. The Kier molecular flexibility index (Phi) is 11.5. The number of ether oxygens (including phenoxy) is 2. The van der Waals surface area contributed by atoms with E-state index < -0.39 is 24.4 Å². The van der Waals surface area contributed by atoms with Crippen LogP contribution in [0.2, 0.25) is 5.02 Å². The number of fused-ring (bicyclic) bond motifs is 2. The molecule has 1 heterocycles. The van der Waals surface area contributed by atoms with Crippen molar-refractivity contribution < 1.29 is 29.3 Å². The summed E-state index contributed by atoms with van der Waals surface area (Å²) in [5, 5.41) is 24.6. The van der Waals surface area contributed by atoms with Crippen molar-refractivity contribution in [3.05, 3.63) is 46.0 Å². The Hall–Kier alpha value is -2.55. The van der Waals surface area contributed by atoms with E-state index in [0.717, 1.165) is 5.57 Å². The first kappa shape index (κ1) is 30.7. The van der Waals surface area contributed by atoms with Crippen molar-refractivity contribution in [3.8, 4) is 5.75 Å². The maximum absolute atomic E-state index is 12.8. The summed E-state index contributed by atoms with van der Waals surface area (Å²) in [5.41, 5.74) is 7.67. The largest absolute Gasteiger partial charge is 0.508 e. The highest BCUT2D eigenvalue weighted by Crippen LogP contribution is 2.34. The first-order valence-corrected chi connectivity index (χ1v) is 13.1. The van der Waals surface area contributed by atoms with Crippen LogP contribution in [0.4, 0.5) is 10.5 Å². The van der Waals surface area contributed by atoms with Crippen molar-refractivity contribution in [1.29, 1.82) is 0 Å². The van der Waals surface area contributed by atoms with E-state index in [1.54, 1.807) is 20.1 Å². The molecule has 1 aliphatic heterocycles. The van der Waals surface area contributed by atoms with Crippen molar-refractivity contribution in [2.75, 3.05) is 12.4 Å². The van der Waals surface area contributed by atoms with Gasteiger partial charge >= 0.3 is 6.09 Å². The van der Waals surface area contributed by atoms with Gasteiger partial charge in [-0.05, 0) is 68.6 Å². The van der Waals surface area contributed by atoms with E-state index in [2.05, 4.69) is 5.32 Å². The monoisotopic (exact) mass is 536 g/mol. The van der Waals surface area contributed by atoms with Crippen LogP contribution in [0.15, 0.2) is 35.4 Å². The lowest BCUT2D eigenvalue weighted by Crippen LogP contribution is -2.35. The van der Waals surface area contributed by atoms with Gasteiger partial charge in [0.25, 0.3) is 5.91 Å². The number of benzene rings is 1. The Morgan fingerprint density at radius 2 is 1.89 bits per heavy atom. The number of amides is 2. The number of carbonyl (C=O) groups excluding carboxylic acids is 2. The first-order chi connectivity index (χ1) is 17.3. The highest BCUT2D eigenvalue weighted by atomic mass is 35.5. The van der Waals surface area contributed by atoms with Crippen LogP contribution in [0.3, 0.4) is 0 Å². The van der Waals surface area contributed by atoms with Gasteiger partial charge in [0.15, 0.2) is 0 Å². The summed E-state index contributed by atoms with van der Waals surface area (Å²) in [6.07, 6.45) is 3.22. The molecule has 2 amide bonds. The van der Waals surface area contributed by atoms with Gasteiger partial charge in [0.2, 0.25) is 0 Å². The van der Waals surface area contributed by atoms with Gasteiger partial charge in [-0.3, -0.25) is 4.79 Å². The third-order valence-electron chi connectivity index (χ3n) is 6.97. The van der Waals surface area contributed by atoms with Crippen LogP contribution in [0, 0.1) is 17.8 Å². The summed E-state index contributed by atoms with van der Waals surface area (Å²) in [4.78, 5) is 24.5. The predicted octanol–water partition coefficient (Wildman–Crippen LogP) is 5.35. The van der Waals surface area contributed by atoms with Crippen molar-refractivity contribution in [2.45, 2.75) is 78.6 Å². The molecule has 1 aromatic rings. The van der Waals surface area contributed by atoms with E-state index in [9.17, 15) is 19.8 Å². The molecule has 5 N–H and O–H groups in total. The fourth-order valence-electron chi connectivity index (χ4n) is 4.90. The lowest BCUT2D eigenvalue weighted by Gasteiger charge is -2.29. The summed E-state index contributed by atoms with van der Waals surface area (Å²) in [5.74, 6) is -0.667. The van der Waals surface area contributed by atoms with E-state index in [0.29, 0.717) is 47.5 Å². The van der Waals surface area contributed by atoms with Gasteiger partial charge in [0, 0.05) is 24.7 Å². The molecule has 37 heavy (non-hydrogen) atoms. The number of hydrogen-bond donors (Lipinski definition) is 4. The zero-order valence-corrected chi connectivity index (χ0v) is 23.3. The number of methoxy groups -OCH3 is 1.